The number of hydrogen-bond donors (Lipinski definition) is 2. The summed E-state index contributed by atoms with van der Waals surface area (Å²) in [5.74, 6) is 0.157. The summed E-state index contributed by atoms with van der Waals surface area (Å²) in [6, 6.07) is 14.1. The van der Waals surface area contributed by atoms with Gasteiger partial charge in [-0.2, -0.15) is 0 Å². The molecule has 1 amide bonds. The van der Waals surface area contributed by atoms with Crippen LogP contribution < -0.4 is 14.8 Å². The Kier molecular flexibility index (Phi) is 6.39. The quantitative estimate of drug-likeness (QED) is 0.769. The maximum absolute atomic E-state index is 12.1. The predicted molar refractivity (Wildman–Crippen MR) is 92.7 cm³/mol. The number of nitrogens with one attached hydrogen (secondary N) is 1. The molecule has 0 radical (unpaired) electrons. The standard InChI is InChI=1S/C19H21NO5/c1-13(25-17-9-3-14(4-10-17)11-18(21)22)19(23)20-12-15-5-7-16(24-2)8-6-15/h3-10,13H,11-12H2,1-2H3,(H,20,23)(H,21,22)/t13-/m1/s1. The largest absolute Gasteiger partial charge is 0.497 e. The van der Waals surface area contributed by atoms with Gasteiger partial charge < -0.3 is 19.9 Å². The first-order valence-electron chi connectivity index (χ1n) is 7.86. The van der Waals surface area contributed by atoms with Gasteiger partial charge in [0.2, 0.25) is 0 Å². The lowest BCUT2D eigenvalue weighted by Gasteiger charge is -2.15. The third-order valence-electron chi connectivity index (χ3n) is 3.59. The van der Waals surface area contributed by atoms with Gasteiger partial charge in [-0.1, -0.05) is 24.3 Å². The minimum Gasteiger partial charge on any atom is -0.497 e. The maximum atomic E-state index is 12.1. The molecule has 132 valence electrons. The number of rotatable bonds is 8. The van der Waals surface area contributed by atoms with Crippen LogP contribution in [0.2, 0.25) is 0 Å². The van der Waals surface area contributed by atoms with Crippen molar-refractivity contribution in [2.75, 3.05) is 7.11 Å². The first-order valence-corrected chi connectivity index (χ1v) is 7.86. The fraction of sp³-hybridized carbons (Fsp3) is 0.263. The van der Waals surface area contributed by atoms with Gasteiger partial charge in [-0.25, -0.2) is 0 Å². The summed E-state index contributed by atoms with van der Waals surface area (Å²) < 4.78 is 10.7. The fourth-order valence-electron chi connectivity index (χ4n) is 2.19. The highest BCUT2D eigenvalue weighted by atomic mass is 16.5. The van der Waals surface area contributed by atoms with Crippen LogP contribution in [-0.4, -0.2) is 30.2 Å². The number of ether oxygens (including phenoxy) is 2. The Morgan fingerprint density at radius 2 is 1.56 bits per heavy atom. The van der Waals surface area contributed by atoms with E-state index in [9.17, 15) is 9.59 Å². The SMILES string of the molecule is COc1ccc(CNC(=O)[C@@H](C)Oc2ccc(CC(=O)O)cc2)cc1. The number of methoxy groups -OCH3 is 1. The van der Waals surface area contributed by atoms with Crippen molar-refractivity contribution in [1.29, 1.82) is 0 Å². The van der Waals surface area contributed by atoms with Gasteiger partial charge in [0.15, 0.2) is 6.10 Å². The van der Waals surface area contributed by atoms with Crippen molar-refractivity contribution in [2.24, 2.45) is 0 Å². The van der Waals surface area contributed by atoms with E-state index in [-0.39, 0.29) is 12.3 Å². The monoisotopic (exact) mass is 343 g/mol. The molecule has 0 saturated carbocycles. The van der Waals surface area contributed by atoms with Gasteiger partial charge in [0.1, 0.15) is 11.5 Å². The summed E-state index contributed by atoms with van der Waals surface area (Å²) in [6.07, 6.45) is -0.707. The van der Waals surface area contributed by atoms with Crippen LogP contribution in [0.3, 0.4) is 0 Å². The molecule has 0 aliphatic carbocycles. The molecule has 1 atom stereocenters. The Labute approximate surface area is 146 Å². The van der Waals surface area contributed by atoms with Crippen LogP contribution in [-0.2, 0) is 22.6 Å². The molecule has 0 heterocycles. The van der Waals surface area contributed by atoms with Crippen LogP contribution >= 0.6 is 0 Å². The summed E-state index contributed by atoms with van der Waals surface area (Å²) >= 11 is 0. The Hall–Kier alpha value is -3.02. The Balaban J connectivity index is 1.83. The molecule has 2 N–H and O–H groups in total. The zero-order valence-corrected chi connectivity index (χ0v) is 14.2. The van der Waals surface area contributed by atoms with Crippen molar-refractivity contribution in [3.05, 3.63) is 59.7 Å². The van der Waals surface area contributed by atoms with Gasteiger partial charge in [0, 0.05) is 6.54 Å². The van der Waals surface area contributed by atoms with Crippen LogP contribution in [0.5, 0.6) is 11.5 Å². The summed E-state index contributed by atoms with van der Waals surface area (Å²) in [4.78, 5) is 22.8. The number of aliphatic carboxylic acids is 1. The molecule has 0 spiro atoms. The molecule has 0 aromatic heterocycles. The first-order chi connectivity index (χ1) is 12.0. The van der Waals surface area contributed by atoms with E-state index in [0.717, 1.165) is 11.3 Å². The Bertz CT molecular complexity index is 710. The van der Waals surface area contributed by atoms with E-state index in [0.29, 0.717) is 17.9 Å². The van der Waals surface area contributed by atoms with E-state index in [1.165, 1.54) is 0 Å². The van der Waals surface area contributed by atoms with E-state index >= 15 is 0 Å². The molecule has 0 saturated heterocycles. The fourth-order valence-corrected chi connectivity index (χ4v) is 2.19. The van der Waals surface area contributed by atoms with Crippen LogP contribution in [0.4, 0.5) is 0 Å². The number of hydrogen-bond acceptors (Lipinski definition) is 4. The molecule has 2 aromatic rings. The topological polar surface area (TPSA) is 84.9 Å². The Morgan fingerprint density at radius 3 is 2.12 bits per heavy atom. The van der Waals surface area contributed by atoms with Crippen molar-refractivity contribution < 1.29 is 24.2 Å². The molecule has 2 rings (SSSR count). The van der Waals surface area contributed by atoms with E-state index in [4.69, 9.17) is 14.6 Å². The second kappa shape index (κ2) is 8.73. The highest BCUT2D eigenvalue weighted by molar-refractivity contribution is 5.80. The van der Waals surface area contributed by atoms with Gasteiger partial charge in [-0.15, -0.1) is 0 Å². The summed E-state index contributed by atoms with van der Waals surface area (Å²) in [7, 11) is 1.60. The second-order valence-corrected chi connectivity index (χ2v) is 5.54. The van der Waals surface area contributed by atoms with E-state index in [1.807, 2.05) is 24.3 Å². The molecular formula is C19H21NO5. The molecule has 2 aromatic carbocycles. The lowest BCUT2D eigenvalue weighted by atomic mass is 10.1. The maximum Gasteiger partial charge on any atom is 0.307 e. The number of carboxylic acids is 1. The van der Waals surface area contributed by atoms with Crippen LogP contribution in [0.25, 0.3) is 0 Å². The summed E-state index contributed by atoms with van der Waals surface area (Å²) in [5, 5.41) is 11.6. The van der Waals surface area contributed by atoms with E-state index in [1.54, 1.807) is 38.3 Å². The normalized spacial score (nSPS) is 11.4. The lowest BCUT2D eigenvalue weighted by Crippen LogP contribution is -2.35. The average molecular weight is 343 g/mol. The van der Waals surface area contributed by atoms with Crippen molar-refractivity contribution in [2.45, 2.75) is 26.0 Å². The Morgan fingerprint density at radius 1 is 1.00 bits per heavy atom. The highest BCUT2D eigenvalue weighted by Gasteiger charge is 2.14. The molecule has 0 aliphatic heterocycles. The number of amides is 1. The van der Waals surface area contributed by atoms with Gasteiger partial charge in [-0.3, -0.25) is 9.59 Å². The molecule has 0 bridgehead atoms. The molecule has 0 aliphatic rings. The molecule has 0 fully saturated rings. The summed E-state index contributed by atoms with van der Waals surface area (Å²) in [6.45, 7) is 2.06. The van der Waals surface area contributed by atoms with Crippen LogP contribution in [0.15, 0.2) is 48.5 Å². The molecule has 6 nitrogen and oxygen atoms in total. The van der Waals surface area contributed by atoms with E-state index < -0.39 is 12.1 Å². The molecule has 0 unspecified atom stereocenters. The number of benzene rings is 2. The average Bonchev–Trinajstić information content (AvgIpc) is 2.61. The highest BCUT2D eigenvalue weighted by Crippen LogP contribution is 2.15. The second-order valence-electron chi connectivity index (χ2n) is 5.54. The lowest BCUT2D eigenvalue weighted by molar-refractivity contribution is -0.136. The molecule has 6 heteroatoms. The van der Waals surface area contributed by atoms with Crippen molar-refractivity contribution >= 4 is 11.9 Å². The van der Waals surface area contributed by atoms with Crippen molar-refractivity contribution in [3.8, 4) is 11.5 Å². The predicted octanol–water partition coefficient (Wildman–Crippen LogP) is 2.41. The third-order valence-corrected chi connectivity index (χ3v) is 3.59. The van der Waals surface area contributed by atoms with Gasteiger partial charge in [0.05, 0.1) is 13.5 Å². The smallest absolute Gasteiger partial charge is 0.307 e. The first kappa shape index (κ1) is 18.3. The van der Waals surface area contributed by atoms with Crippen LogP contribution in [0.1, 0.15) is 18.1 Å². The molecular weight excluding hydrogens is 322 g/mol. The van der Waals surface area contributed by atoms with Crippen molar-refractivity contribution in [3.63, 3.8) is 0 Å². The van der Waals surface area contributed by atoms with Gasteiger partial charge >= 0.3 is 5.97 Å². The van der Waals surface area contributed by atoms with Gasteiger partial charge in [0.25, 0.3) is 5.91 Å². The minimum absolute atomic E-state index is 0.0435. The molecule has 25 heavy (non-hydrogen) atoms. The van der Waals surface area contributed by atoms with Gasteiger partial charge in [-0.05, 0) is 42.3 Å². The third kappa shape index (κ3) is 5.84. The number of carbonyl (C=O) groups excluding carboxylic acids is 1. The zero-order chi connectivity index (χ0) is 18.2. The van der Waals surface area contributed by atoms with E-state index in [2.05, 4.69) is 5.32 Å². The summed E-state index contributed by atoms with van der Waals surface area (Å²) in [5.41, 5.74) is 1.64. The number of carbonyl (C=O) groups is 2. The number of carboxylic acid groups (broad SMARTS) is 1. The van der Waals surface area contributed by atoms with Crippen molar-refractivity contribution in [1.82, 2.24) is 5.32 Å². The van der Waals surface area contributed by atoms with Crippen LogP contribution in [0, 0.1) is 0 Å². The minimum atomic E-state index is -0.889. The zero-order valence-electron chi connectivity index (χ0n) is 14.2.